The van der Waals surface area contributed by atoms with Gasteiger partial charge in [0.2, 0.25) is 0 Å². The minimum absolute atomic E-state index is 0.102. The van der Waals surface area contributed by atoms with Crippen molar-refractivity contribution in [1.82, 2.24) is 9.97 Å². The largest absolute Gasteiger partial charge is 0.389 e. The fraction of sp³-hybridized carbons (Fsp3) is 0.556. The van der Waals surface area contributed by atoms with Gasteiger partial charge in [0.05, 0.1) is 12.4 Å². The van der Waals surface area contributed by atoms with Crippen molar-refractivity contribution < 1.29 is 13.2 Å². The highest BCUT2D eigenvalue weighted by Crippen LogP contribution is 2.22. The van der Waals surface area contributed by atoms with Crippen LogP contribution in [0.1, 0.15) is 19.3 Å². The van der Waals surface area contributed by atoms with Crippen molar-refractivity contribution in [2.45, 2.75) is 25.4 Å². The maximum absolute atomic E-state index is 11.8. The average molecular weight is 254 g/mol. The molecule has 0 aliphatic carbocycles. The highest BCUT2D eigenvalue weighted by atomic mass is 35.5. The average Bonchev–Trinajstić information content (AvgIpc) is 2.15. The molecule has 0 aromatic carbocycles. The number of rotatable bonds is 5. The topological polar surface area (TPSA) is 37.8 Å². The zero-order chi connectivity index (χ0) is 12.0. The normalized spacial score (nSPS) is 11.5. The van der Waals surface area contributed by atoms with Gasteiger partial charge in [-0.25, -0.2) is 4.98 Å². The zero-order valence-electron chi connectivity index (χ0n) is 8.39. The van der Waals surface area contributed by atoms with Gasteiger partial charge in [0, 0.05) is 13.0 Å². The first-order valence-corrected chi connectivity index (χ1v) is 5.13. The molecule has 0 saturated heterocycles. The third kappa shape index (κ3) is 5.75. The molecule has 1 rings (SSSR count). The van der Waals surface area contributed by atoms with E-state index in [4.69, 9.17) is 11.6 Å². The van der Waals surface area contributed by atoms with Gasteiger partial charge in [0.25, 0.3) is 0 Å². The van der Waals surface area contributed by atoms with Crippen molar-refractivity contribution in [2.75, 3.05) is 11.9 Å². The summed E-state index contributed by atoms with van der Waals surface area (Å²) in [7, 11) is 0. The van der Waals surface area contributed by atoms with Crippen molar-refractivity contribution in [2.24, 2.45) is 0 Å². The van der Waals surface area contributed by atoms with E-state index in [1.807, 2.05) is 0 Å². The second-order valence-corrected chi connectivity index (χ2v) is 3.61. The summed E-state index contributed by atoms with van der Waals surface area (Å²) in [6, 6.07) is 0. The summed E-state index contributed by atoms with van der Waals surface area (Å²) in [4.78, 5) is 7.67. The summed E-state index contributed by atoms with van der Waals surface area (Å²) < 4.78 is 35.4. The number of aromatic nitrogens is 2. The molecule has 1 N–H and O–H groups in total. The van der Waals surface area contributed by atoms with Gasteiger partial charge in [-0.2, -0.15) is 13.2 Å². The smallest absolute Gasteiger partial charge is 0.369 e. The molecule has 0 aliphatic rings. The van der Waals surface area contributed by atoms with E-state index in [0.717, 1.165) is 0 Å². The molecule has 7 heteroatoms. The van der Waals surface area contributed by atoms with Gasteiger partial charge in [-0.3, -0.25) is 4.98 Å². The Labute approximate surface area is 96.0 Å². The van der Waals surface area contributed by atoms with Crippen LogP contribution in [0.4, 0.5) is 19.0 Å². The van der Waals surface area contributed by atoms with Crippen LogP contribution in [-0.2, 0) is 0 Å². The van der Waals surface area contributed by atoms with Crippen LogP contribution < -0.4 is 5.32 Å². The molecule has 16 heavy (non-hydrogen) atoms. The van der Waals surface area contributed by atoms with E-state index in [2.05, 4.69) is 15.3 Å². The second-order valence-electron chi connectivity index (χ2n) is 3.23. The van der Waals surface area contributed by atoms with Crippen LogP contribution in [-0.4, -0.2) is 22.7 Å². The van der Waals surface area contributed by atoms with Crippen LogP contribution >= 0.6 is 11.6 Å². The number of nitrogens with one attached hydrogen (secondary N) is 1. The number of unbranched alkanes of at least 4 members (excludes halogenated alkanes) is 1. The maximum Gasteiger partial charge on any atom is 0.389 e. The van der Waals surface area contributed by atoms with E-state index < -0.39 is 12.6 Å². The lowest BCUT2D eigenvalue weighted by Gasteiger charge is -2.07. The lowest BCUT2D eigenvalue weighted by atomic mass is 10.2. The fourth-order valence-electron chi connectivity index (χ4n) is 1.09. The standard InChI is InChI=1S/C9H11ClF3N3/c10-7-5-14-6-8(16-7)15-4-2-1-3-9(11,12)13/h5-6H,1-4H2,(H,15,16). The van der Waals surface area contributed by atoms with E-state index in [-0.39, 0.29) is 11.6 Å². The van der Waals surface area contributed by atoms with Gasteiger partial charge < -0.3 is 5.32 Å². The van der Waals surface area contributed by atoms with E-state index in [1.165, 1.54) is 12.4 Å². The Morgan fingerprint density at radius 3 is 2.62 bits per heavy atom. The van der Waals surface area contributed by atoms with Crippen molar-refractivity contribution in [3.05, 3.63) is 17.5 Å². The van der Waals surface area contributed by atoms with Crippen molar-refractivity contribution in [3.8, 4) is 0 Å². The summed E-state index contributed by atoms with van der Waals surface area (Å²) in [5, 5.41) is 3.10. The fourth-order valence-corrected chi connectivity index (χ4v) is 1.24. The highest BCUT2D eigenvalue weighted by Gasteiger charge is 2.25. The maximum atomic E-state index is 11.8. The summed E-state index contributed by atoms with van der Waals surface area (Å²) in [5.74, 6) is 0.472. The quantitative estimate of drug-likeness (QED) is 0.819. The highest BCUT2D eigenvalue weighted by molar-refractivity contribution is 6.29. The third-order valence-electron chi connectivity index (χ3n) is 1.80. The van der Waals surface area contributed by atoms with Crippen LogP contribution in [0.5, 0.6) is 0 Å². The van der Waals surface area contributed by atoms with E-state index >= 15 is 0 Å². The molecule has 1 aromatic rings. The van der Waals surface area contributed by atoms with E-state index in [9.17, 15) is 13.2 Å². The lowest BCUT2D eigenvalue weighted by Crippen LogP contribution is -2.09. The molecule has 0 bridgehead atoms. The van der Waals surface area contributed by atoms with Gasteiger partial charge in [-0.1, -0.05) is 11.6 Å². The summed E-state index contributed by atoms with van der Waals surface area (Å²) in [6.07, 6.45) is -1.45. The molecule has 1 heterocycles. The Hall–Kier alpha value is -1.04. The molecule has 0 unspecified atom stereocenters. The molecule has 0 radical (unpaired) electrons. The Balaban J connectivity index is 2.17. The van der Waals surface area contributed by atoms with E-state index in [1.54, 1.807) is 0 Å². The minimum atomic E-state index is -4.07. The Kier molecular flexibility index (Phi) is 4.79. The Bertz CT molecular complexity index is 330. The number of halogens is 4. The van der Waals surface area contributed by atoms with Gasteiger partial charge in [0.15, 0.2) is 0 Å². The first-order chi connectivity index (χ1) is 7.47. The van der Waals surface area contributed by atoms with Crippen LogP contribution in [0.2, 0.25) is 5.15 Å². The third-order valence-corrected chi connectivity index (χ3v) is 1.98. The van der Waals surface area contributed by atoms with Gasteiger partial charge >= 0.3 is 6.18 Å². The van der Waals surface area contributed by atoms with Gasteiger partial charge in [-0.15, -0.1) is 0 Å². The number of alkyl halides is 3. The number of nitrogens with zero attached hydrogens (tertiary/aromatic N) is 2. The summed E-state index contributed by atoms with van der Waals surface area (Å²) in [5.41, 5.74) is 0. The monoisotopic (exact) mass is 253 g/mol. The molecule has 90 valence electrons. The molecule has 3 nitrogen and oxygen atoms in total. The summed E-state index contributed by atoms with van der Waals surface area (Å²) >= 11 is 5.58. The lowest BCUT2D eigenvalue weighted by molar-refractivity contribution is -0.135. The van der Waals surface area contributed by atoms with Crippen molar-refractivity contribution >= 4 is 17.4 Å². The molecule has 0 atom stereocenters. The molecule has 0 fully saturated rings. The number of hydrogen-bond acceptors (Lipinski definition) is 3. The first-order valence-electron chi connectivity index (χ1n) is 4.75. The molecule has 1 aromatic heterocycles. The first kappa shape index (κ1) is 13.0. The molecular formula is C9H11ClF3N3. The van der Waals surface area contributed by atoms with Crippen molar-refractivity contribution in [1.29, 1.82) is 0 Å². The van der Waals surface area contributed by atoms with Crippen molar-refractivity contribution in [3.63, 3.8) is 0 Å². The predicted molar refractivity (Wildman–Crippen MR) is 55.4 cm³/mol. The Morgan fingerprint density at radius 2 is 2.00 bits per heavy atom. The predicted octanol–water partition coefficient (Wildman–Crippen LogP) is 3.27. The molecule has 0 aliphatic heterocycles. The Morgan fingerprint density at radius 1 is 1.25 bits per heavy atom. The van der Waals surface area contributed by atoms with Crippen LogP contribution in [0.25, 0.3) is 0 Å². The van der Waals surface area contributed by atoms with Crippen LogP contribution in [0.15, 0.2) is 12.4 Å². The number of hydrogen-bond donors (Lipinski definition) is 1. The minimum Gasteiger partial charge on any atom is -0.369 e. The zero-order valence-corrected chi connectivity index (χ0v) is 9.15. The van der Waals surface area contributed by atoms with Crippen LogP contribution in [0, 0.1) is 0 Å². The molecular weight excluding hydrogens is 243 g/mol. The van der Waals surface area contributed by atoms with Gasteiger partial charge in [-0.05, 0) is 12.8 Å². The molecule has 0 amide bonds. The SMILES string of the molecule is FC(F)(F)CCCCNc1cncc(Cl)n1. The number of anilines is 1. The molecule has 0 spiro atoms. The second kappa shape index (κ2) is 5.89. The van der Waals surface area contributed by atoms with E-state index in [0.29, 0.717) is 18.8 Å². The van der Waals surface area contributed by atoms with Crippen LogP contribution in [0.3, 0.4) is 0 Å². The summed E-state index contributed by atoms with van der Waals surface area (Å²) in [6.45, 7) is 0.422. The van der Waals surface area contributed by atoms with Gasteiger partial charge in [0.1, 0.15) is 11.0 Å². The molecule has 0 saturated carbocycles.